The third-order valence-corrected chi connectivity index (χ3v) is 2.20. The van der Waals surface area contributed by atoms with E-state index in [9.17, 15) is 0 Å². The lowest BCUT2D eigenvalue weighted by Gasteiger charge is -2.10. The monoisotopic (exact) mass is 244 g/mol. The van der Waals surface area contributed by atoms with Crippen molar-refractivity contribution in [1.29, 1.82) is 5.41 Å². The van der Waals surface area contributed by atoms with Crippen LogP contribution in [0.1, 0.15) is 5.69 Å². The first kappa shape index (κ1) is 11.8. The molecule has 0 saturated heterocycles. The molecule has 0 bridgehead atoms. The highest BCUT2D eigenvalue weighted by atomic mass is 16.5. The quantitative estimate of drug-likeness (QED) is 0.628. The van der Waals surface area contributed by atoms with Gasteiger partial charge in [-0.05, 0) is 12.1 Å². The largest absolute Gasteiger partial charge is 0.493 e. The smallest absolute Gasteiger partial charge is 0.249 e. The minimum absolute atomic E-state index is 0.175. The van der Waals surface area contributed by atoms with Crippen LogP contribution in [0, 0.1) is 5.41 Å². The summed E-state index contributed by atoms with van der Waals surface area (Å²) in [6.07, 6.45) is 2.92. The number of methoxy groups -OCH3 is 1. The van der Waals surface area contributed by atoms with E-state index in [0.29, 0.717) is 11.5 Å². The highest BCUT2D eigenvalue weighted by Crippen LogP contribution is 2.30. The van der Waals surface area contributed by atoms with Gasteiger partial charge in [0.05, 0.1) is 7.11 Å². The fraction of sp³-hybridized carbons (Fsp3) is 0.0833. The molecule has 0 amide bonds. The summed E-state index contributed by atoms with van der Waals surface area (Å²) in [5, 5.41) is 7.40. The number of nitrogens with two attached hydrogens (primary N) is 1. The van der Waals surface area contributed by atoms with Crippen LogP contribution in [0.5, 0.6) is 17.4 Å². The van der Waals surface area contributed by atoms with Gasteiger partial charge in [-0.15, -0.1) is 0 Å². The Kier molecular flexibility index (Phi) is 3.38. The summed E-state index contributed by atoms with van der Waals surface area (Å²) >= 11 is 0. The Morgan fingerprint density at radius 2 is 1.83 bits per heavy atom. The zero-order valence-electron chi connectivity index (χ0n) is 9.75. The third-order valence-electron chi connectivity index (χ3n) is 2.20. The minimum Gasteiger partial charge on any atom is -0.493 e. The van der Waals surface area contributed by atoms with E-state index in [2.05, 4.69) is 9.97 Å². The zero-order chi connectivity index (χ0) is 13.0. The molecule has 0 aliphatic heterocycles. The van der Waals surface area contributed by atoms with Crippen LogP contribution < -0.4 is 15.2 Å². The zero-order valence-corrected chi connectivity index (χ0v) is 9.75. The molecule has 92 valence electrons. The number of aromatic nitrogens is 2. The molecule has 6 heteroatoms. The van der Waals surface area contributed by atoms with Gasteiger partial charge in [0.15, 0.2) is 17.2 Å². The Labute approximate surface area is 104 Å². The van der Waals surface area contributed by atoms with E-state index in [4.69, 9.17) is 20.6 Å². The van der Waals surface area contributed by atoms with Crippen LogP contribution in [-0.4, -0.2) is 22.9 Å². The molecule has 0 radical (unpaired) electrons. The van der Waals surface area contributed by atoms with Crippen LogP contribution in [0.15, 0.2) is 36.7 Å². The summed E-state index contributed by atoms with van der Waals surface area (Å²) in [7, 11) is 1.55. The van der Waals surface area contributed by atoms with Gasteiger partial charge in [-0.25, -0.2) is 9.97 Å². The van der Waals surface area contributed by atoms with Gasteiger partial charge in [-0.2, -0.15) is 0 Å². The maximum absolute atomic E-state index is 7.40. The van der Waals surface area contributed by atoms with Crippen molar-refractivity contribution in [3.63, 3.8) is 0 Å². The predicted molar refractivity (Wildman–Crippen MR) is 66.1 cm³/mol. The topological polar surface area (TPSA) is 94.1 Å². The van der Waals surface area contributed by atoms with E-state index in [0.717, 1.165) is 0 Å². The van der Waals surface area contributed by atoms with Crippen LogP contribution in [0.3, 0.4) is 0 Å². The van der Waals surface area contributed by atoms with Gasteiger partial charge in [-0.1, -0.05) is 12.1 Å². The number of rotatable bonds is 4. The van der Waals surface area contributed by atoms with E-state index in [1.54, 1.807) is 19.2 Å². The number of hydrogen-bond acceptors (Lipinski definition) is 5. The van der Waals surface area contributed by atoms with Gasteiger partial charge in [0.1, 0.15) is 5.84 Å². The Morgan fingerprint density at radius 3 is 2.50 bits per heavy atom. The first-order chi connectivity index (χ1) is 8.72. The summed E-state index contributed by atoms with van der Waals surface area (Å²) in [6, 6.07) is 7.13. The average molecular weight is 244 g/mol. The van der Waals surface area contributed by atoms with Crippen LogP contribution in [0.2, 0.25) is 0 Å². The van der Waals surface area contributed by atoms with Crippen molar-refractivity contribution in [3.8, 4) is 17.4 Å². The molecular weight excluding hydrogens is 232 g/mol. The number of para-hydroxylation sites is 2. The van der Waals surface area contributed by atoms with E-state index in [-0.39, 0.29) is 17.4 Å². The second-order valence-corrected chi connectivity index (χ2v) is 3.38. The molecule has 0 aliphatic carbocycles. The van der Waals surface area contributed by atoms with E-state index < -0.39 is 0 Å². The number of nitrogens with zero attached hydrogens (tertiary/aromatic N) is 2. The highest BCUT2D eigenvalue weighted by molar-refractivity contribution is 5.95. The minimum atomic E-state index is -0.201. The van der Waals surface area contributed by atoms with Crippen LogP contribution in [0.4, 0.5) is 0 Å². The van der Waals surface area contributed by atoms with Crippen molar-refractivity contribution in [2.45, 2.75) is 0 Å². The van der Waals surface area contributed by atoms with E-state index in [1.807, 2.05) is 12.1 Å². The van der Waals surface area contributed by atoms with Crippen molar-refractivity contribution in [3.05, 3.63) is 42.4 Å². The summed E-state index contributed by atoms with van der Waals surface area (Å²) in [4.78, 5) is 7.96. The Hall–Kier alpha value is -2.63. The number of hydrogen-bond donors (Lipinski definition) is 2. The fourth-order valence-electron chi connectivity index (χ4n) is 1.39. The van der Waals surface area contributed by atoms with Crippen molar-refractivity contribution in [2.24, 2.45) is 5.73 Å². The molecule has 1 aromatic heterocycles. The van der Waals surface area contributed by atoms with Crippen LogP contribution in [-0.2, 0) is 0 Å². The molecule has 1 aromatic carbocycles. The Morgan fingerprint density at radius 1 is 1.17 bits per heavy atom. The third kappa shape index (κ3) is 2.37. The Bertz CT molecular complexity index is 572. The second kappa shape index (κ2) is 5.13. The molecule has 0 unspecified atom stereocenters. The van der Waals surface area contributed by atoms with Gasteiger partial charge >= 0.3 is 0 Å². The first-order valence-electron chi connectivity index (χ1n) is 5.18. The highest BCUT2D eigenvalue weighted by Gasteiger charge is 2.12. The van der Waals surface area contributed by atoms with Gasteiger partial charge in [0.25, 0.3) is 0 Å². The van der Waals surface area contributed by atoms with Gasteiger partial charge in [0, 0.05) is 12.4 Å². The SMILES string of the molecule is COc1ccccc1Oc1nccnc1C(=N)N. The lowest BCUT2D eigenvalue weighted by atomic mass is 10.3. The Balaban J connectivity index is 2.37. The number of nitrogen functional groups attached to an aromatic ring is 1. The molecule has 0 spiro atoms. The normalized spacial score (nSPS) is 9.83. The van der Waals surface area contributed by atoms with E-state index in [1.165, 1.54) is 12.4 Å². The van der Waals surface area contributed by atoms with E-state index >= 15 is 0 Å². The maximum Gasteiger partial charge on any atom is 0.249 e. The lowest BCUT2D eigenvalue weighted by molar-refractivity contribution is 0.373. The summed E-state index contributed by atoms with van der Waals surface area (Å²) < 4.78 is 10.7. The van der Waals surface area contributed by atoms with Gasteiger partial charge < -0.3 is 15.2 Å². The van der Waals surface area contributed by atoms with Crippen molar-refractivity contribution >= 4 is 5.84 Å². The molecule has 3 N–H and O–H groups in total. The van der Waals surface area contributed by atoms with Crippen molar-refractivity contribution < 1.29 is 9.47 Å². The molecule has 2 aromatic rings. The summed E-state index contributed by atoms with van der Waals surface area (Å²) in [6.45, 7) is 0. The first-order valence-corrected chi connectivity index (χ1v) is 5.18. The number of nitrogens with one attached hydrogen (secondary N) is 1. The van der Waals surface area contributed by atoms with Crippen molar-refractivity contribution in [2.75, 3.05) is 7.11 Å². The predicted octanol–water partition coefficient (Wildman–Crippen LogP) is 1.56. The summed E-state index contributed by atoms with van der Waals surface area (Å²) in [5.41, 5.74) is 5.61. The molecule has 6 nitrogen and oxygen atoms in total. The summed E-state index contributed by atoms with van der Waals surface area (Å²) in [5.74, 6) is 1.03. The van der Waals surface area contributed by atoms with Gasteiger partial charge in [-0.3, -0.25) is 5.41 Å². The lowest BCUT2D eigenvalue weighted by Crippen LogP contribution is -2.15. The molecule has 0 fully saturated rings. The number of ether oxygens (including phenoxy) is 2. The average Bonchev–Trinajstić information content (AvgIpc) is 2.40. The maximum atomic E-state index is 7.40. The van der Waals surface area contributed by atoms with Gasteiger partial charge in [0.2, 0.25) is 5.88 Å². The fourth-order valence-corrected chi connectivity index (χ4v) is 1.39. The van der Waals surface area contributed by atoms with Crippen molar-refractivity contribution in [1.82, 2.24) is 9.97 Å². The molecule has 1 heterocycles. The molecule has 2 rings (SSSR count). The molecular formula is C12H12N4O2. The number of amidine groups is 1. The molecule has 18 heavy (non-hydrogen) atoms. The number of benzene rings is 1. The van der Waals surface area contributed by atoms with Crippen LogP contribution in [0.25, 0.3) is 0 Å². The standard InChI is InChI=1S/C12H12N4O2/c1-17-8-4-2-3-5-9(8)18-12-10(11(13)14)15-6-7-16-12/h2-7H,1H3,(H3,13,14). The van der Waals surface area contributed by atoms with Crippen LogP contribution >= 0.6 is 0 Å². The molecule has 0 atom stereocenters. The molecule has 0 saturated carbocycles. The molecule has 0 aliphatic rings. The second-order valence-electron chi connectivity index (χ2n) is 3.38.